The lowest BCUT2D eigenvalue weighted by Crippen LogP contribution is -2.46. The minimum atomic E-state index is -0.383. The lowest BCUT2D eigenvalue weighted by atomic mass is 9.94. The molecular weight excluding hydrogens is 210 g/mol. The lowest BCUT2D eigenvalue weighted by molar-refractivity contribution is -0.124. The average Bonchev–Trinajstić information content (AvgIpc) is 2.30. The van der Waals surface area contributed by atoms with Crippen molar-refractivity contribution in [2.75, 3.05) is 6.54 Å². The van der Waals surface area contributed by atoms with Crippen molar-refractivity contribution in [2.24, 2.45) is 0 Å². The summed E-state index contributed by atoms with van der Waals surface area (Å²) in [5, 5.41) is 3.22. The normalized spacial score (nSPS) is 11.5. The first kappa shape index (κ1) is 13.9. The van der Waals surface area contributed by atoms with Crippen LogP contribution in [-0.2, 0) is 11.2 Å². The summed E-state index contributed by atoms with van der Waals surface area (Å²) in [6, 6.07) is 10.3. The molecule has 0 radical (unpaired) electrons. The third kappa shape index (κ3) is 4.70. The Balaban J connectivity index is 2.34. The van der Waals surface area contributed by atoms with Crippen molar-refractivity contribution in [2.45, 2.75) is 45.6 Å². The van der Waals surface area contributed by atoms with Crippen molar-refractivity contribution in [1.82, 2.24) is 5.32 Å². The van der Waals surface area contributed by atoms with E-state index in [0.717, 1.165) is 19.4 Å². The minimum absolute atomic E-state index is 0.301. The zero-order valence-electron chi connectivity index (χ0n) is 11.1. The van der Waals surface area contributed by atoms with Gasteiger partial charge in [-0.2, -0.15) is 0 Å². The van der Waals surface area contributed by atoms with Gasteiger partial charge in [0.25, 0.3) is 0 Å². The second-order valence-electron chi connectivity index (χ2n) is 4.92. The minimum Gasteiger partial charge on any atom is -0.306 e. The summed E-state index contributed by atoms with van der Waals surface area (Å²) in [6.45, 7) is 6.78. The van der Waals surface area contributed by atoms with Crippen LogP contribution in [0.4, 0.5) is 0 Å². The van der Waals surface area contributed by atoms with Crippen LogP contribution in [0.3, 0.4) is 0 Å². The number of benzene rings is 1. The topological polar surface area (TPSA) is 29.1 Å². The van der Waals surface area contributed by atoms with Gasteiger partial charge in [0.05, 0.1) is 5.54 Å². The summed E-state index contributed by atoms with van der Waals surface area (Å²) in [7, 11) is 0. The van der Waals surface area contributed by atoms with Crippen LogP contribution >= 0.6 is 0 Å². The van der Waals surface area contributed by atoms with Crippen LogP contribution in [0, 0.1) is 0 Å². The third-order valence-electron chi connectivity index (χ3n) is 3.03. The molecule has 0 spiro atoms. The molecule has 1 aromatic rings. The van der Waals surface area contributed by atoms with Gasteiger partial charge in [0, 0.05) is 6.42 Å². The zero-order chi connectivity index (χ0) is 12.7. The predicted molar refractivity (Wildman–Crippen MR) is 72.1 cm³/mol. The number of Topliss-reactive ketones (excluding diaryl/α,β-unsaturated/α-hetero) is 1. The molecule has 0 fully saturated rings. The van der Waals surface area contributed by atoms with Crippen molar-refractivity contribution in [3.63, 3.8) is 0 Å². The van der Waals surface area contributed by atoms with Gasteiger partial charge in [-0.3, -0.25) is 4.79 Å². The van der Waals surface area contributed by atoms with Gasteiger partial charge in [-0.05, 0) is 38.8 Å². The maximum Gasteiger partial charge on any atom is 0.152 e. The number of hydrogen-bond donors (Lipinski definition) is 1. The van der Waals surface area contributed by atoms with E-state index >= 15 is 0 Å². The average molecular weight is 233 g/mol. The second kappa shape index (κ2) is 6.55. The van der Waals surface area contributed by atoms with Crippen molar-refractivity contribution in [3.05, 3.63) is 35.9 Å². The molecule has 0 aromatic heterocycles. The molecule has 1 aromatic carbocycles. The van der Waals surface area contributed by atoms with Gasteiger partial charge in [0.1, 0.15) is 0 Å². The maximum absolute atomic E-state index is 12.0. The van der Waals surface area contributed by atoms with Crippen molar-refractivity contribution in [1.29, 1.82) is 0 Å². The molecule has 2 nitrogen and oxygen atoms in total. The van der Waals surface area contributed by atoms with Crippen molar-refractivity contribution >= 4 is 5.78 Å². The van der Waals surface area contributed by atoms with Crippen molar-refractivity contribution in [3.8, 4) is 0 Å². The van der Waals surface area contributed by atoms with Gasteiger partial charge in [-0.25, -0.2) is 0 Å². The van der Waals surface area contributed by atoms with Crippen molar-refractivity contribution < 1.29 is 4.79 Å². The molecule has 0 aliphatic carbocycles. The number of ketones is 1. The fourth-order valence-electron chi connectivity index (χ4n) is 1.95. The van der Waals surface area contributed by atoms with Gasteiger partial charge >= 0.3 is 0 Å². The molecule has 2 heteroatoms. The van der Waals surface area contributed by atoms with E-state index in [-0.39, 0.29) is 5.54 Å². The predicted octanol–water partition coefficient (Wildman–Crippen LogP) is 2.97. The number of nitrogens with one attached hydrogen (secondary N) is 1. The highest BCUT2D eigenvalue weighted by Crippen LogP contribution is 2.11. The molecule has 17 heavy (non-hydrogen) atoms. The molecule has 1 N–H and O–H groups in total. The van der Waals surface area contributed by atoms with Gasteiger partial charge < -0.3 is 5.32 Å². The Hall–Kier alpha value is -1.15. The quantitative estimate of drug-likeness (QED) is 0.784. The number of aryl methyl sites for hydroxylation is 1. The maximum atomic E-state index is 12.0. The smallest absolute Gasteiger partial charge is 0.152 e. The van der Waals surface area contributed by atoms with E-state index < -0.39 is 0 Å². The summed E-state index contributed by atoms with van der Waals surface area (Å²) in [4.78, 5) is 12.0. The van der Waals surface area contributed by atoms with Gasteiger partial charge in [0.2, 0.25) is 0 Å². The Morgan fingerprint density at radius 1 is 1.24 bits per heavy atom. The second-order valence-corrected chi connectivity index (χ2v) is 4.92. The molecule has 94 valence electrons. The molecule has 0 amide bonds. The monoisotopic (exact) mass is 233 g/mol. The fraction of sp³-hybridized carbons (Fsp3) is 0.533. The Morgan fingerprint density at radius 2 is 1.88 bits per heavy atom. The van der Waals surface area contributed by atoms with Crippen LogP contribution in [0.25, 0.3) is 0 Å². The number of rotatable bonds is 7. The number of carbonyl (C=O) groups excluding carboxylic acids is 1. The Kier molecular flexibility index (Phi) is 5.36. The van der Waals surface area contributed by atoms with E-state index in [1.165, 1.54) is 5.56 Å². The first-order valence-electron chi connectivity index (χ1n) is 6.38. The van der Waals surface area contributed by atoms with Crippen LogP contribution in [-0.4, -0.2) is 17.9 Å². The van der Waals surface area contributed by atoms with Crippen LogP contribution in [0.1, 0.15) is 39.2 Å². The first-order valence-corrected chi connectivity index (χ1v) is 6.38. The van der Waals surface area contributed by atoms with Crippen LogP contribution < -0.4 is 5.32 Å². The number of likely N-dealkylation sites (N-methyl/N-ethyl adjacent to an activating group) is 1. The summed E-state index contributed by atoms with van der Waals surface area (Å²) in [5.74, 6) is 0.301. The van der Waals surface area contributed by atoms with Gasteiger partial charge in [-0.15, -0.1) is 0 Å². The lowest BCUT2D eigenvalue weighted by Gasteiger charge is -2.24. The van der Waals surface area contributed by atoms with Crippen LogP contribution in [0.15, 0.2) is 30.3 Å². The van der Waals surface area contributed by atoms with E-state index in [9.17, 15) is 4.79 Å². The Morgan fingerprint density at radius 3 is 2.47 bits per heavy atom. The SMILES string of the molecule is CCNC(C)(C)C(=O)CCCc1ccccc1. The molecule has 0 atom stereocenters. The Bertz CT molecular complexity index is 343. The molecule has 0 saturated carbocycles. The summed E-state index contributed by atoms with van der Waals surface area (Å²) < 4.78 is 0. The molecule has 0 saturated heterocycles. The summed E-state index contributed by atoms with van der Waals surface area (Å²) >= 11 is 0. The highest BCUT2D eigenvalue weighted by molar-refractivity contribution is 5.87. The highest BCUT2D eigenvalue weighted by atomic mass is 16.1. The molecule has 0 aliphatic heterocycles. The molecule has 0 aliphatic rings. The molecule has 0 unspecified atom stereocenters. The van der Waals surface area contributed by atoms with Gasteiger partial charge in [-0.1, -0.05) is 37.3 Å². The van der Waals surface area contributed by atoms with E-state index in [1.54, 1.807) is 0 Å². The van der Waals surface area contributed by atoms with Crippen LogP contribution in [0.5, 0.6) is 0 Å². The van der Waals surface area contributed by atoms with E-state index in [4.69, 9.17) is 0 Å². The van der Waals surface area contributed by atoms with E-state index in [2.05, 4.69) is 17.4 Å². The largest absolute Gasteiger partial charge is 0.306 e. The molecule has 1 rings (SSSR count). The summed E-state index contributed by atoms with van der Waals surface area (Å²) in [5.41, 5.74) is 0.924. The molecular formula is C15H23NO. The molecule has 0 heterocycles. The van der Waals surface area contributed by atoms with E-state index in [1.807, 2.05) is 39.0 Å². The highest BCUT2D eigenvalue weighted by Gasteiger charge is 2.24. The molecule has 0 bridgehead atoms. The fourth-order valence-corrected chi connectivity index (χ4v) is 1.95. The summed E-state index contributed by atoms with van der Waals surface area (Å²) in [6.07, 6.45) is 2.56. The first-order chi connectivity index (χ1) is 8.06. The Labute approximate surface area is 104 Å². The third-order valence-corrected chi connectivity index (χ3v) is 3.03. The zero-order valence-corrected chi connectivity index (χ0v) is 11.1. The standard InChI is InChI=1S/C15H23NO/c1-4-16-15(2,3)14(17)12-8-11-13-9-6-5-7-10-13/h5-7,9-10,16H,4,8,11-12H2,1-3H3. The number of carbonyl (C=O) groups is 1. The van der Waals surface area contributed by atoms with Crippen LogP contribution in [0.2, 0.25) is 0 Å². The van der Waals surface area contributed by atoms with Gasteiger partial charge in [0.15, 0.2) is 5.78 Å². The number of hydrogen-bond acceptors (Lipinski definition) is 2. The van der Waals surface area contributed by atoms with E-state index in [0.29, 0.717) is 12.2 Å².